The Morgan fingerprint density at radius 3 is 2.19 bits per heavy atom. The summed E-state index contributed by atoms with van der Waals surface area (Å²) in [7, 11) is 0. The molecular weight excluding hydrogens is 419 g/mol. The van der Waals surface area contributed by atoms with E-state index in [-0.39, 0.29) is 29.0 Å². The molecule has 9 heteroatoms. The summed E-state index contributed by atoms with van der Waals surface area (Å²) in [4.78, 5) is 13.2. The van der Waals surface area contributed by atoms with Crippen LogP contribution in [0.25, 0.3) is 22.5 Å². The minimum atomic E-state index is -4.63. The molecule has 2 N–H and O–H groups in total. The Hall–Kier alpha value is -3.20. The number of benzene rings is 2. The molecule has 0 unspecified atom stereocenters. The van der Waals surface area contributed by atoms with Crippen molar-refractivity contribution in [2.24, 2.45) is 5.73 Å². The molecule has 0 bridgehead atoms. The van der Waals surface area contributed by atoms with Gasteiger partial charge < -0.3 is 15.1 Å². The fraction of sp³-hybridized carbons (Fsp3) is 0.227. The highest BCUT2D eigenvalue weighted by Crippen LogP contribution is 2.40. The molecule has 1 amide bonds. The maximum absolute atomic E-state index is 13.7. The number of hydrogen-bond acceptors (Lipinski definition) is 3. The normalized spacial score (nSPS) is 15.6. The van der Waals surface area contributed by atoms with Crippen molar-refractivity contribution in [3.63, 3.8) is 0 Å². The van der Waals surface area contributed by atoms with E-state index in [9.17, 15) is 26.7 Å². The van der Waals surface area contributed by atoms with Gasteiger partial charge in [0.15, 0.2) is 0 Å². The Morgan fingerprint density at radius 1 is 1.00 bits per heavy atom. The van der Waals surface area contributed by atoms with Crippen LogP contribution in [0.4, 0.5) is 22.0 Å². The Morgan fingerprint density at radius 2 is 1.65 bits per heavy atom. The second kappa shape index (κ2) is 7.49. The molecule has 1 fully saturated rings. The lowest BCUT2D eigenvalue weighted by Crippen LogP contribution is -2.58. The molecule has 1 aromatic heterocycles. The van der Waals surface area contributed by atoms with Crippen molar-refractivity contribution in [1.29, 1.82) is 0 Å². The largest absolute Gasteiger partial charge is 0.460 e. The number of nitrogens with two attached hydrogens (primary N) is 1. The molecule has 1 aliphatic rings. The minimum Gasteiger partial charge on any atom is -0.460 e. The number of alkyl halides is 5. The van der Waals surface area contributed by atoms with Gasteiger partial charge in [0.05, 0.1) is 25.2 Å². The third-order valence-electron chi connectivity index (χ3n) is 5.05. The van der Waals surface area contributed by atoms with Crippen LogP contribution in [-0.4, -0.2) is 29.8 Å². The zero-order chi connectivity index (χ0) is 22.4. The van der Waals surface area contributed by atoms with Gasteiger partial charge in [0, 0.05) is 11.1 Å². The lowest BCUT2D eigenvalue weighted by Gasteiger charge is -2.38. The molecular formula is C22H17F5N2O2. The molecule has 162 valence electrons. The van der Waals surface area contributed by atoms with Gasteiger partial charge in [0.1, 0.15) is 11.5 Å². The average Bonchev–Trinajstić information content (AvgIpc) is 3.19. The number of furan rings is 1. The van der Waals surface area contributed by atoms with Gasteiger partial charge in [-0.25, -0.2) is 8.78 Å². The molecule has 4 nitrogen and oxygen atoms in total. The van der Waals surface area contributed by atoms with Crippen molar-refractivity contribution in [1.82, 2.24) is 4.90 Å². The van der Waals surface area contributed by atoms with Gasteiger partial charge in [-0.15, -0.1) is 0 Å². The molecule has 1 aliphatic heterocycles. The Balaban J connectivity index is 1.63. The summed E-state index contributed by atoms with van der Waals surface area (Å²) >= 11 is 0. The highest BCUT2D eigenvalue weighted by atomic mass is 19.4. The summed E-state index contributed by atoms with van der Waals surface area (Å²) in [6.45, 7) is -1.20. The zero-order valence-electron chi connectivity index (χ0n) is 16.0. The lowest BCUT2D eigenvalue weighted by atomic mass is 9.96. The summed E-state index contributed by atoms with van der Waals surface area (Å²) in [5.74, 6) is -2.99. The van der Waals surface area contributed by atoms with Gasteiger partial charge in [0.25, 0.3) is 11.8 Å². The fourth-order valence-corrected chi connectivity index (χ4v) is 3.45. The van der Waals surface area contributed by atoms with Crippen LogP contribution in [0.3, 0.4) is 0 Å². The molecule has 3 aromatic rings. The van der Waals surface area contributed by atoms with Crippen molar-refractivity contribution in [2.45, 2.75) is 18.6 Å². The van der Waals surface area contributed by atoms with Crippen molar-refractivity contribution in [3.05, 3.63) is 71.5 Å². The summed E-state index contributed by atoms with van der Waals surface area (Å²) in [5.41, 5.74) is 5.41. The molecule has 0 radical (unpaired) electrons. The summed E-state index contributed by atoms with van der Waals surface area (Å²) in [5, 5.41) is 0. The molecule has 2 aromatic carbocycles. The number of carbonyl (C=O) groups is 1. The van der Waals surface area contributed by atoms with E-state index in [1.165, 1.54) is 48.5 Å². The van der Waals surface area contributed by atoms with E-state index in [0.29, 0.717) is 11.3 Å². The van der Waals surface area contributed by atoms with Crippen LogP contribution in [0.15, 0.2) is 59.0 Å². The Kier molecular flexibility index (Phi) is 5.09. The standard InChI is InChI=1S/C22H17F5N2O2/c23-21(24)11-29(12-21)20(30)14-3-1-13(2-4-14)15-5-7-17(18(9-15)22(25,26)27)19-8-6-16(10-28)31-19/h1-9H,10-12,28H2. The van der Waals surface area contributed by atoms with Gasteiger partial charge in [-0.2, -0.15) is 13.2 Å². The maximum Gasteiger partial charge on any atom is 0.417 e. The van der Waals surface area contributed by atoms with Gasteiger partial charge >= 0.3 is 6.18 Å². The van der Waals surface area contributed by atoms with Gasteiger partial charge in [-0.3, -0.25) is 4.79 Å². The quantitative estimate of drug-likeness (QED) is 0.574. The monoisotopic (exact) mass is 436 g/mol. The van der Waals surface area contributed by atoms with Crippen LogP contribution in [0.5, 0.6) is 0 Å². The van der Waals surface area contributed by atoms with Crippen LogP contribution in [0.2, 0.25) is 0 Å². The van der Waals surface area contributed by atoms with Crippen molar-refractivity contribution < 1.29 is 31.2 Å². The van der Waals surface area contributed by atoms with Crippen molar-refractivity contribution >= 4 is 5.91 Å². The highest BCUT2D eigenvalue weighted by Gasteiger charge is 2.46. The number of halogens is 5. The topological polar surface area (TPSA) is 59.5 Å². The van der Waals surface area contributed by atoms with Crippen LogP contribution >= 0.6 is 0 Å². The van der Waals surface area contributed by atoms with Crippen molar-refractivity contribution in [3.8, 4) is 22.5 Å². The smallest absolute Gasteiger partial charge is 0.417 e. The van der Waals surface area contributed by atoms with E-state index >= 15 is 0 Å². The van der Waals surface area contributed by atoms with Crippen LogP contribution < -0.4 is 5.73 Å². The highest BCUT2D eigenvalue weighted by molar-refractivity contribution is 5.95. The first kappa shape index (κ1) is 21.0. The Bertz CT molecular complexity index is 1110. The molecule has 2 heterocycles. The van der Waals surface area contributed by atoms with Gasteiger partial charge in [-0.1, -0.05) is 24.3 Å². The zero-order valence-corrected chi connectivity index (χ0v) is 16.0. The average molecular weight is 436 g/mol. The fourth-order valence-electron chi connectivity index (χ4n) is 3.45. The predicted octanol–water partition coefficient (Wildman–Crippen LogP) is 5.18. The molecule has 0 saturated carbocycles. The first-order chi connectivity index (χ1) is 14.6. The lowest BCUT2D eigenvalue weighted by molar-refractivity contribution is -0.137. The van der Waals surface area contributed by atoms with Crippen LogP contribution in [-0.2, 0) is 12.7 Å². The summed E-state index contributed by atoms with van der Waals surface area (Å²) in [6.07, 6.45) is -4.63. The number of rotatable bonds is 4. The van der Waals surface area contributed by atoms with E-state index in [0.717, 1.165) is 11.0 Å². The summed E-state index contributed by atoms with van der Waals surface area (Å²) < 4.78 is 72.4. The minimum absolute atomic E-state index is 0.0617. The molecule has 0 aliphatic carbocycles. The number of nitrogens with zero attached hydrogens (tertiary/aromatic N) is 1. The van der Waals surface area contributed by atoms with E-state index in [4.69, 9.17) is 10.2 Å². The van der Waals surface area contributed by atoms with Gasteiger partial charge in [-0.05, 0) is 41.5 Å². The second-order valence-electron chi connectivity index (χ2n) is 7.32. The van der Waals surface area contributed by atoms with E-state index in [2.05, 4.69) is 0 Å². The maximum atomic E-state index is 13.7. The summed E-state index contributed by atoms with van der Waals surface area (Å²) in [6, 6.07) is 12.6. The molecule has 31 heavy (non-hydrogen) atoms. The van der Waals surface area contributed by atoms with E-state index < -0.39 is 36.7 Å². The second-order valence-corrected chi connectivity index (χ2v) is 7.32. The molecule has 1 saturated heterocycles. The van der Waals surface area contributed by atoms with Crippen LogP contribution in [0.1, 0.15) is 21.7 Å². The first-order valence-electron chi connectivity index (χ1n) is 9.35. The third kappa shape index (κ3) is 4.18. The predicted molar refractivity (Wildman–Crippen MR) is 103 cm³/mol. The van der Waals surface area contributed by atoms with E-state index in [1.807, 2.05) is 0 Å². The molecule has 4 rings (SSSR count). The van der Waals surface area contributed by atoms with Gasteiger partial charge in [0.2, 0.25) is 0 Å². The first-order valence-corrected chi connectivity index (χ1v) is 9.35. The molecule has 0 spiro atoms. The van der Waals surface area contributed by atoms with E-state index in [1.54, 1.807) is 0 Å². The Labute approximate surface area is 174 Å². The number of amides is 1. The SMILES string of the molecule is NCc1ccc(-c2ccc(-c3ccc(C(=O)N4CC(F)(F)C4)cc3)cc2C(F)(F)F)o1. The number of carbonyl (C=O) groups excluding carboxylic acids is 1. The van der Waals surface area contributed by atoms with Crippen molar-refractivity contribution in [2.75, 3.05) is 13.1 Å². The number of hydrogen-bond donors (Lipinski definition) is 1. The third-order valence-corrected chi connectivity index (χ3v) is 5.05. The number of likely N-dealkylation sites (tertiary alicyclic amines) is 1. The van der Waals surface area contributed by atoms with Crippen LogP contribution in [0, 0.1) is 0 Å². The molecule has 0 atom stereocenters.